The van der Waals surface area contributed by atoms with E-state index >= 15 is 0 Å². The van der Waals surface area contributed by atoms with E-state index < -0.39 is 0 Å². The fourth-order valence-electron chi connectivity index (χ4n) is 2.83. The molecule has 2 rings (SSSR count). The lowest BCUT2D eigenvalue weighted by Crippen LogP contribution is -2.45. The van der Waals surface area contributed by atoms with E-state index in [-0.39, 0.29) is 24.0 Å². The molecule has 0 aromatic heterocycles. The monoisotopic (exact) mass is 447 g/mol. The Labute approximate surface area is 162 Å². The number of aliphatic imine (C=N–C) groups is 1. The molecule has 1 N–H and O–H groups in total. The standard InChI is InChI=1S/C18H29N3O2.HI/c1-5-23-16-7-6-15(12-17(16)22-4)13-20-18(19-3)21-10-8-14(2)9-11-21;/h6-7,12,14H,5,8-11,13H2,1-4H3,(H,19,20);1H. The summed E-state index contributed by atoms with van der Waals surface area (Å²) in [6.45, 7) is 7.80. The van der Waals surface area contributed by atoms with Gasteiger partial charge in [-0.05, 0) is 43.4 Å². The molecule has 5 nitrogen and oxygen atoms in total. The number of guanidine groups is 1. The topological polar surface area (TPSA) is 46.1 Å². The molecule has 136 valence electrons. The van der Waals surface area contributed by atoms with Gasteiger partial charge in [0.2, 0.25) is 0 Å². The minimum absolute atomic E-state index is 0. The third kappa shape index (κ3) is 5.72. The Balaban J connectivity index is 0.00000288. The SMILES string of the molecule is CCOc1ccc(CNC(=NC)N2CCC(C)CC2)cc1OC.I. The number of hydrogen-bond donors (Lipinski definition) is 1. The highest BCUT2D eigenvalue weighted by molar-refractivity contribution is 14.0. The summed E-state index contributed by atoms with van der Waals surface area (Å²) in [4.78, 5) is 6.76. The van der Waals surface area contributed by atoms with Crippen LogP contribution in [-0.2, 0) is 6.54 Å². The number of nitrogens with one attached hydrogen (secondary N) is 1. The number of benzene rings is 1. The molecule has 1 aromatic rings. The van der Waals surface area contributed by atoms with Crippen molar-refractivity contribution < 1.29 is 9.47 Å². The van der Waals surface area contributed by atoms with Crippen LogP contribution >= 0.6 is 24.0 Å². The Bertz CT molecular complexity index is 529. The first-order chi connectivity index (χ1) is 11.2. The quantitative estimate of drug-likeness (QED) is 0.426. The second-order valence-corrected chi connectivity index (χ2v) is 5.99. The molecule has 1 heterocycles. The van der Waals surface area contributed by atoms with Crippen molar-refractivity contribution in [2.75, 3.05) is 33.9 Å². The van der Waals surface area contributed by atoms with Crippen molar-refractivity contribution in [3.05, 3.63) is 23.8 Å². The van der Waals surface area contributed by atoms with Gasteiger partial charge in [-0.2, -0.15) is 0 Å². The third-order valence-electron chi connectivity index (χ3n) is 4.27. The van der Waals surface area contributed by atoms with Gasteiger partial charge in [0.05, 0.1) is 13.7 Å². The van der Waals surface area contributed by atoms with Crippen molar-refractivity contribution in [2.45, 2.75) is 33.2 Å². The van der Waals surface area contributed by atoms with Gasteiger partial charge >= 0.3 is 0 Å². The van der Waals surface area contributed by atoms with Crippen molar-refractivity contribution in [2.24, 2.45) is 10.9 Å². The molecule has 1 fully saturated rings. The van der Waals surface area contributed by atoms with Crippen LogP contribution in [0.2, 0.25) is 0 Å². The average molecular weight is 447 g/mol. The normalized spacial score (nSPS) is 15.7. The number of hydrogen-bond acceptors (Lipinski definition) is 3. The van der Waals surface area contributed by atoms with Crippen molar-refractivity contribution in [1.29, 1.82) is 0 Å². The molecule has 0 amide bonds. The predicted octanol–water partition coefficient (Wildman–Crippen LogP) is 3.52. The summed E-state index contributed by atoms with van der Waals surface area (Å²) in [5, 5.41) is 3.45. The molecule has 0 spiro atoms. The molecular weight excluding hydrogens is 417 g/mol. The third-order valence-corrected chi connectivity index (χ3v) is 4.27. The Morgan fingerprint density at radius 2 is 2.00 bits per heavy atom. The first-order valence-electron chi connectivity index (χ1n) is 8.43. The maximum Gasteiger partial charge on any atom is 0.193 e. The zero-order valence-electron chi connectivity index (χ0n) is 15.2. The van der Waals surface area contributed by atoms with Crippen molar-refractivity contribution >= 4 is 29.9 Å². The van der Waals surface area contributed by atoms with Gasteiger partial charge in [-0.25, -0.2) is 0 Å². The second kappa shape index (κ2) is 10.6. The summed E-state index contributed by atoms with van der Waals surface area (Å²) in [5.74, 6) is 3.35. The fraction of sp³-hybridized carbons (Fsp3) is 0.611. The Hall–Kier alpha value is -1.18. The van der Waals surface area contributed by atoms with Crippen molar-refractivity contribution in [1.82, 2.24) is 10.2 Å². The van der Waals surface area contributed by atoms with E-state index in [0.717, 1.165) is 48.6 Å². The van der Waals surface area contributed by atoms with Crippen LogP contribution < -0.4 is 14.8 Å². The smallest absolute Gasteiger partial charge is 0.193 e. The molecule has 0 bridgehead atoms. The molecule has 0 saturated carbocycles. The maximum atomic E-state index is 5.56. The molecule has 6 heteroatoms. The Morgan fingerprint density at radius 3 is 2.58 bits per heavy atom. The Morgan fingerprint density at radius 1 is 1.29 bits per heavy atom. The van der Waals surface area contributed by atoms with Crippen LogP contribution in [0.4, 0.5) is 0 Å². The molecule has 0 atom stereocenters. The van der Waals surface area contributed by atoms with E-state index in [1.807, 2.05) is 26.1 Å². The van der Waals surface area contributed by atoms with Gasteiger partial charge in [0.25, 0.3) is 0 Å². The number of nitrogens with zero attached hydrogens (tertiary/aromatic N) is 2. The summed E-state index contributed by atoms with van der Waals surface area (Å²) < 4.78 is 11.0. The molecule has 0 radical (unpaired) electrons. The average Bonchev–Trinajstić information content (AvgIpc) is 2.58. The highest BCUT2D eigenvalue weighted by atomic mass is 127. The highest BCUT2D eigenvalue weighted by Crippen LogP contribution is 2.28. The number of halogens is 1. The molecular formula is C18H30IN3O2. The van der Waals surface area contributed by atoms with Crippen molar-refractivity contribution in [3.8, 4) is 11.5 Å². The number of methoxy groups -OCH3 is 1. The molecule has 24 heavy (non-hydrogen) atoms. The molecule has 0 unspecified atom stereocenters. The first-order valence-corrected chi connectivity index (χ1v) is 8.43. The van der Waals surface area contributed by atoms with Gasteiger partial charge in [-0.3, -0.25) is 4.99 Å². The highest BCUT2D eigenvalue weighted by Gasteiger charge is 2.18. The zero-order chi connectivity index (χ0) is 16.7. The lowest BCUT2D eigenvalue weighted by atomic mass is 9.99. The van der Waals surface area contributed by atoms with E-state index in [4.69, 9.17) is 9.47 Å². The predicted molar refractivity (Wildman–Crippen MR) is 110 cm³/mol. The van der Waals surface area contributed by atoms with Gasteiger partial charge in [0, 0.05) is 26.7 Å². The van der Waals surface area contributed by atoms with Crippen LogP contribution in [0.5, 0.6) is 11.5 Å². The molecule has 1 aromatic carbocycles. The van der Waals surface area contributed by atoms with E-state index in [9.17, 15) is 0 Å². The number of rotatable bonds is 5. The largest absolute Gasteiger partial charge is 0.493 e. The minimum atomic E-state index is 0. The van der Waals surface area contributed by atoms with Crippen LogP contribution in [0.3, 0.4) is 0 Å². The second-order valence-electron chi connectivity index (χ2n) is 5.99. The van der Waals surface area contributed by atoms with Gasteiger partial charge < -0.3 is 19.7 Å². The van der Waals surface area contributed by atoms with Crippen LogP contribution in [0.25, 0.3) is 0 Å². The van der Waals surface area contributed by atoms with Gasteiger partial charge in [-0.15, -0.1) is 24.0 Å². The number of piperidine rings is 1. The summed E-state index contributed by atoms with van der Waals surface area (Å²) in [6, 6.07) is 6.04. The van der Waals surface area contributed by atoms with Crippen LogP contribution in [0.15, 0.2) is 23.2 Å². The number of ether oxygens (including phenoxy) is 2. The molecule has 1 aliphatic heterocycles. The van der Waals surface area contributed by atoms with Crippen LogP contribution in [0, 0.1) is 5.92 Å². The number of likely N-dealkylation sites (tertiary alicyclic amines) is 1. The van der Waals surface area contributed by atoms with E-state index in [2.05, 4.69) is 28.2 Å². The summed E-state index contributed by atoms with van der Waals surface area (Å²) in [5.41, 5.74) is 1.15. The fourth-order valence-corrected chi connectivity index (χ4v) is 2.83. The molecule has 0 aliphatic carbocycles. The lowest BCUT2D eigenvalue weighted by Gasteiger charge is -2.33. The van der Waals surface area contributed by atoms with E-state index in [1.54, 1.807) is 7.11 Å². The Kier molecular flexibility index (Phi) is 9.25. The van der Waals surface area contributed by atoms with Gasteiger partial charge in [0.1, 0.15) is 0 Å². The molecule has 1 saturated heterocycles. The van der Waals surface area contributed by atoms with E-state index in [1.165, 1.54) is 12.8 Å². The zero-order valence-corrected chi connectivity index (χ0v) is 17.5. The van der Waals surface area contributed by atoms with Crippen LogP contribution in [0.1, 0.15) is 32.3 Å². The molecule has 1 aliphatic rings. The first kappa shape index (κ1) is 20.9. The minimum Gasteiger partial charge on any atom is -0.493 e. The summed E-state index contributed by atoms with van der Waals surface area (Å²) in [6.07, 6.45) is 2.47. The summed E-state index contributed by atoms with van der Waals surface area (Å²) >= 11 is 0. The maximum absolute atomic E-state index is 5.56. The van der Waals surface area contributed by atoms with Gasteiger partial charge in [-0.1, -0.05) is 13.0 Å². The van der Waals surface area contributed by atoms with E-state index in [0.29, 0.717) is 6.61 Å². The van der Waals surface area contributed by atoms with Crippen LogP contribution in [-0.4, -0.2) is 44.7 Å². The lowest BCUT2D eigenvalue weighted by molar-refractivity contribution is 0.273. The van der Waals surface area contributed by atoms with Crippen molar-refractivity contribution in [3.63, 3.8) is 0 Å². The summed E-state index contributed by atoms with van der Waals surface area (Å²) in [7, 11) is 3.52. The van der Waals surface area contributed by atoms with Gasteiger partial charge in [0.15, 0.2) is 17.5 Å².